The van der Waals surface area contributed by atoms with Crippen LogP contribution in [-0.2, 0) is 20.7 Å². The Morgan fingerprint density at radius 3 is 2.68 bits per heavy atom. The lowest BCUT2D eigenvalue weighted by Gasteiger charge is -2.09. The van der Waals surface area contributed by atoms with Gasteiger partial charge in [-0.25, -0.2) is 9.59 Å². The Morgan fingerprint density at radius 1 is 1.23 bits per heavy atom. The molecule has 1 aliphatic heterocycles. The minimum absolute atomic E-state index is 0.182. The lowest BCUT2D eigenvalue weighted by atomic mass is 10.1. The summed E-state index contributed by atoms with van der Waals surface area (Å²) in [5, 5.41) is 4.53. The molecule has 7 nitrogen and oxygen atoms in total. The first kappa shape index (κ1) is 15.6. The highest BCUT2D eigenvalue weighted by Crippen LogP contribution is 2.19. The van der Waals surface area contributed by atoms with Crippen LogP contribution < -0.4 is 15.4 Å². The lowest BCUT2D eigenvalue weighted by Crippen LogP contribution is -2.22. The number of rotatable bonds is 6. The van der Waals surface area contributed by atoms with Gasteiger partial charge in [-0.05, 0) is 25.0 Å². The van der Waals surface area contributed by atoms with Crippen molar-refractivity contribution in [2.75, 3.05) is 13.2 Å². The van der Waals surface area contributed by atoms with E-state index in [0.29, 0.717) is 18.8 Å². The van der Waals surface area contributed by atoms with Crippen LogP contribution in [0.3, 0.4) is 0 Å². The summed E-state index contributed by atoms with van der Waals surface area (Å²) in [7, 11) is 0. The third-order valence-corrected chi connectivity index (χ3v) is 2.87. The Hall–Kier alpha value is -2.83. The molecule has 2 rings (SSSR count). The fourth-order valence-corrected chi connectivity index (χ4v) is 1.89. The number of hydrogen-bond donors (Lipinski definition) is 2. The number of carbonyl (C=O) groups is 3. The molecule has 116 valence electrons. The minimum atomic E-state index is -0.539. The van der Waals surface area contributed by atoms with Crippen LogP contribution in [0.1, 0.15) is 12.5 Å². The van der Waals surface area contributed by atoms with Crippen molar-refractivity contribution in [1.82, 2.24) is 10.6 Å². The van der Waals surface area contributed by atoms with Crippen LogP contribution in [0, 0.1) is 0 Å². The summed E-state index contributed by atoms with van der Waals surface area (Å²) in [6, 6.07) is 6.59. The largest absolute Gasteiger partial charge is 0.482 e. The van der Waals surface area contributed by atoms with Gasteiger partial charge >= 0.3 is 12.0 Å². The van der Waals surface area contributed by atoms with E-state index in [1.165, 1.54) is 0 Å². The van der Waals surface area contributed by atoms with Crippen molar-refractivity contribution in [2.24, 2.45) is 0 Å². The van der Waals surface area contributed by atoms with Crippen molar-refractivity contribution in [3.05, 3.63) is 41.6 Å². The number of imide groups is 1. The Labute approximate surface area is 127 Å². The summed E-state index contributed by atoms with van der Waals surface area (Å²) in [4.78, 5) is 33.8. The van der Waals surface area contributed by atoms with Gasteiger partial charge in [-0.3, -0.25) is 10.1 Å². The molecule has 0 atom stereocenters. The molecule has 0 radical (unpaired) electrons. The second kappa shape index (κ2) is 7.26. The first-order valence-corrected chi connectivity index (χ1v) is 6.79. The normalized spacial score (nSPS) is 15.4. The van der Waals surface area contributed by atoms with E-state index in [2.05, 4.69) is 10.6 Å². The van der Waals surface area contributed by atoms with Gasteiger partial charge in [-0.15, -0.1) is 0 Å². The topological polar surface area (TPSA) is 93.7 Å². The van der Waals surface area contributed by atoms with Crippen molar-refractivity contribution in [1.29, 1.82) is 0 Å². The number of esters is 1. The predicted molar refractivity (Wildman–Crippen MR) is 77.0 cm³/mol. The molecule has 1 fully saturated rings. The highest BCUT2D eigenvalue weighted by Gasteiger charge is 2.22. The molecular weight excluding hydrogens is 288 g/mol. The number of carbonyl (C=O) groups excluding carboxylic acids is 3. The Balaban J connectivity index is 2.02. The number of ether oxygens (including phenoxy) is 2. The van der Waals surface area contributed by atoms with Gasteiger partial charge in [-0.1, -0.05) is 24.3 Å². The van der Waals surface area contributed by atoms with E-state index >= 15 is 0 Å². The third kappa shape index (κ3) is 4.08. The van der Waals surface area contributed by atoms with E-state index in [-0.39, 0.29) is 12.3 Å². The molecule has 0 saturated carbocycles. The van der Waals surface area contributed by atoms with Gasteiger partial charge < -0.3 is 14.8 Å². The fraction of sp³-hybridized carbons (Fsp3) is 0.267. The van der Waals surface area contributed by atoms with Gasteiger partial charge in [0, 0.05) is 0 Å². The van der Waals surface area contributed by atoms with Gasteiger partial charge in [-0.2, -0.15) is 0 Å². The molecule has 1 aromatic rings. The van der Waals surface area contributed by atoms with Crippen LogP contribution in [0.5, 0.6) is 5.75 Å². The Bertz CT molecular complexity index is 624. The second-order valence-electron chi connectivity index (χ2n) is 4.43. The van der Waals surface area contributed by atoms with Crippen LogP contribution in [0.25, 0.3) is 0 Å². The summed E-state index contributed by atoms with van der Waals surface area (Å²) in [6.45, 7) is 1.84. The van der Waals surface area contributed by atoms with Crippen molar-refractivity contribution in [3.8, 4) is 5.75 Å². The van der Waals surface area contributed by atoms with E-state index < -0.39 is 17.9 Å². The molecule has 1 heterocycles. The Morgan fingerprint density at radius 2 is 2.00 bits per heavy atom. The van der Waals surface area contributed by atoms with Gasteiger partial charge in [0.05, 0.1) is 6.61 Å². The molecule has 7 heteroatoms. The third-order valence-electron chi connectivity index (χ3n) is 2.87. The SMILES string of the molecule is CCOC(=O)COc1ccccc1C/C=C1\NC(=O)NC1=O. The molecule has 1 aliphatic rings. The standard InChI is InChI=1S/C15H16N2O5/c1-2-21-13(18)9-22-12-6-4-3-5-10(12)7-8-11-14(19)17-15(20)16-11/h3-6,8H,2,7,9H2,1H3,(H2,16,17,19,20)/b11-8-. The van der Waals surface area contributed by atoms with Gasteiger partial charge in [0.15, 0.2) is 6.61 Å². The molecular formula is C15H16N2O5. The van der Waals surface area contributed by atoms with E-state index in [9.17, 15) is 14.4 Å². The number of allylic oxidation sites excluding steroid dienone is 1. The smallest absolute Gasteiger partial charge is 0.344 e. The highest BCUT2D eigenvalue weighted by molar-refractivity contribution is 6.11. The van der Waals surface area contributed by atoms with E-state index in [0.717, 1.165) is 5.56 Å². The fourth-order valence-electron chi connectivity index (χ4n) is 1.89. The van der Waals surface area contributed by atoms with Crippen LogP contribution in [0.2, 0.25) is 0 Å². The number of amides is 3. The molecule has 0 unspecified atom stereocenters. The molecule has 0 aliphatic carbocycles. The summed E-state index contributed by atoms with van der Waals surface area (Å²) >= 11 is 0. The molecule has 3 amide bonds. The summed E-state index contributed by atoms with van der Waals surface area (Å²) in [6.07, 6.45) is 1.97. The minimum Gasteiger partial charge on any atom is -0.482 e. The summed E-state index contributed by atoms with van der Waals surface area (Å²) in [5.74, 6) is -0.384. The highest BCUT2D eigenvalue weighted by atomic mass is 16.6. The molecule has 0 spiro atoms. The van der Waals surface area contributed by atoms with Crippen LogP contribution in [0.4, 0.5) is 4.79 Å². The van der Waals surface area contributed by atoms with E-state index in [1.54, 1.807) is 25.1 Å². The number of para-hydroxylation sites is 1. The van der Waals surface area contributed by atoms with Crippen molar-refractivity contribution in [3.63, 3.8) is 0 Å². The van der Waals surface area contributed by atoms with Crippen LogP contribution in [0.15, 0.2) is 36.0 Å². The zero-order valence-corrected chi connectivity index (χ0v) is 12.0. The quantitative estimate of drug-likeness (QED) is 0.462. The van der Waals surface area contributed by atoms with Gasteiger partial charge in [0.2, 0.25) is 0 Å². The number of benzene rings is 1. The zero-order chi connectivity index (χ0) is 15.9. The zero-order valence-electron chi connectivity index (χ0n) is 12.0. The van der Waals surface area contributed by atoms with Crippen molar-refractivity contribution in [2.45, 2.75) is 13.3 Å². The number of nitrogens with one attached hydrogen (secondary N) is 2. The van der Waals surface area contributed by atoms with Gasteiger partial charge in [0.25, 0.3) is 5.91 Å². The molecule has 2 N–H and O–H groups in total. The second-order valence-corrected chi connectivity index (χ2v) is 4.43. The monoisotopic (exact) mass is 304 g/mol. The average Bonchev–Trinajstić information content (AvgIpc) is 2.82. The van der Waals surface area contributed by atoms with E-state index in [1.807, 2.05) is 12.1 Å². The Kier molecular flexibility index (Phi) is 5.13. The van der Waals surface area contributed by atoms with Gasteiger partial charge in [0.1, 0.15) is 11.4 Å². The lowest BCUT2D eigenvalue weighted by molar-refractivity contribution is -0.145. The maximum atomic E-state index is 11.4. The van der Waals surface area contributed by atoms with Crippen molar-refractivity contribution >= 4 is 17.9 Å². The summed E-state index contributed by atoms with van der Waals surface area (Å²) < 4.78 is 10.2. The first-order valence-electron chi connectivity index (χ1n) is 6.79. The van der Waals surface area contributed by atoms with Crippen molar-refractivity contribution < 1.29 is 23.9 Å². The first-order chi connectivity index (χ1) is 10.6. The predicted octanol–water partition coefficient (Wildman–Crippen LogP) is 0.894. The molecule has 1 aromatic carbocycles. The molecule has 0 aromatic heterocycles. The molecule has 0 bridgehead atoms. The van der Waals surface area contributed by atoms with Crippen LogP contribution in [-0.4, -0.2) is 31.1 Å². The van der Waals surface area contributed by atoms with Crippen LogP contribution >= 0.6 is 0 Å². The number of hydrogen-bond acceptors (Lipinski definition) is 5. The number of urea groups is 1. The molecule has 22 heavy (non-hydrogen) atoms. The maximum Gasteiger partial charge on any atom is 0.344 e. The summed E-state index contributed by atoms with van der Waals surface area (Å²) in [5.41, 5.74) is 0.985. The molecule has 1 saturated heterocycles. The average molecular weight is 304 g/mol. The maximum absolute atomic E-state index is 11.4. The van der Waals surface area contributed by atoms with E-state index in [4.69, 9.17) is 9.47 Å².